The highest BCUT2D eigenvalue weighted by Gasteiger charge is 2.38. The van der Waals surface area contributed by atoms with Gasteiger partial charge in [0.1, 0.15) is 0 Å². The fourth-order valence-electron chi connectivity index (χ4n) is 4.00. The Balaban J connectivity index is 1.67. The van der Waals surface area contributed by atoms with Crippen molar-refractivity contribution >= 4 is 5.57 Å². The van der Waals surface area contributed by atoms with Crippen molar-refractivity contribution in [2.45, 2.75) is 37.9 Å². The molecule has 1 saturated heterocycles. The Kier molecular flexibility index (Phi) is 4.12. The number of halogens is 4. The quantitative estimate of drug-likeness (QED) is 0.554. The molecule has 2 aromatic carbocycles. The second kappa shape index (κ2) is 6.30. The fraction of sp³-hybridized carbons (Fsp3) is 0.300. The van der Waals surface area contributed by atoms with Gasteiger partial charge in [0.2, 0.25) is 0 Å². The molecular weight excluding hydrogens is 330 g/mol. The maximum Gasteiger partial charge on any atom is 0.169 e. The number of fused-ring (bicyclic) bond motifs is 2. The topological polar surface area (TPSA) is 3.24 Å². The molecule has 1 fully saturated rings. The summed E-state index contributed by atoms with van der Waals surface area (Å²) in [4.78, 5) is 2.30. The lowest BCUT2D eigenvalue weighted by Gasteiger charge is -2.34. The molecule has 0 radical (unpaired) electrons. The summed E-state index contributed by atoms with van der Waals surface area (Å²) in [5.41, 5.74) is 0.990. The minimum Gasteiger partial charge on any atom is -0.289 e. The number of hydrogen-bond acceptors (Lipinski definition) is 1. The summed E-state index contributed by atoms with van der Waals surface area (Å²) in [6, 6.07) is 10.4. The number of rotatable bonds is 3. The number of nitrogens with zero attached hydrogens (tertiary/aromatic N) is 1. The van der Waals surface area contributed by atoms with E-state index in [0.29, 0.717) is 12.0 Å². The molecule has 0 spiro atoms. The zero-order valence-corrected chi connectivity index (χ0v) is 13.5. The van der Waals surface area contributed by atoms with Crippen LogP contribution in [0.3, 0.4) is 0 Å². The monoisotopic (exact) mass is 347 g/mol. The van der Waals surface area contributed by atoms with E-state index in [1.54, 1.807) is 6.08 Å². The lowest BCUT2D eigenvalue weighted by Crippen LogP contribution is -2.37. The Morgan fingerprint density at radius 2 is 1.60 bits per heavy atom. The first-order chi connectivity index (χ1) is 12.0. The highest BCUT2D eigenvalue weighted by molar-refractivity contribution is 5.69. The minimum atomic E-state index is -1.35. The van der Waals surface area contributed by atoms with Gasteiger partial charge < -0.3 is 0 Å². The molecular formula is C20H17F4N. The summed E-state index contributed by atoms with van der Waals surface area (Å²) in [5, 5.41) is 0. The Hall–Kier alpha value is -2.14. The molecule has 1 nitrogen and oxygen atoms in total. The van der Waals surface area contributed by atoms with Crippen LogP contribution in [0.4, 0.5) is 17.6 Å². The van der Waals surface area contributed by atoms with Gasteiger partial charge in [-0.25, -0.2) is 17.6 Å². The zero-order valence-electron chi connectivity index (χ0n) is 13.5. The fourth-order valence-corrected chi connectivity index (χ4v) is 4.00. The van der Waals surface area contributed by atoms with Gasteiger partial charge in [0.25, 0.3) is 0 Å². The van der Waals surface area contributed by atoms with Crippen LogP contribution in [0.15, 0.2) is 42.5 Å². The first kappa shape index (κ1) is 16.3. The van der Waals surface area contributed by atoms with Gasteiger partial charge in [-0.3, -0.25) is 4.90 Å². The van der Waals surface area contributed by atoms with Crippen molar-refractivity contribution in [3.63, 3.8) is 0 Å². The lowest BCUT2D eigenvalue weighted by molar-refractivity contribution is 0.203. The van der Waals surface area contributed by atoms with Crippen molar-refractivity contribution in [1.29, 1.82) is 0 Å². The van der Waals surface area contributed by atoms with Crippen LogP contribution >= 0.6 is 0 Å². The summed E-state index contributed by atoms with van der Waals surface area (Å²) < 4.78 is 55.3. The van der Waals surface area contributed by atoms with E-state index in [1.165, 1.54) is 5.56 Å². The van der Waals surface area contributed by atoms with Crippen molar-refractivity contribution in [1.82, 2.24) is 4.90 Å². The van der Waals surface area contributed by atoms with Gasteiger partial charge in [0.05, 0.1) is 5.56 Å². The molecule has 0 aromatic heterocycles. The zero-order chi connectivity index (χ0) is 17.6. The standard InChI is InChI=1S/C20H17F4N/c21-16-10-17(22)20(24)18(19(16)23)13-8-14-6-7-15(9-13)25(14)11-12-4-2-1-3-5-12/h1-5,8,10,14-15H,6-7,9,11H2. The number of benzene rings is 2. The molecule has 0 aliphatic carbocycles. The molecule has 130 valence electrons. The van der Waals surface area contributed by atoms with Gasteiger partial charge in [-0.15, -0.1) is 0 Å². The minimum absolute atomic E-state index is 0.0269. The Labute approximate surface area is 143 Å². The maximum absolute atomic E-state index is 14.1. The van der Waals surface area contributed by atoms with Gasteiger partial charge in [0, 0.05) is 24.7 Å². The normalized spacial score (nSPS) is 23.0. The van der Waals surface area contributed by atoms with Crippen molar-refractivity contribution < 1.29 is 17.6 Å². The first-order valence-corrected chi connectivity index (χ1v) is 8.38. The molecule has 2 heterocycles. The summed E-state index contributed by atoms with van der Waals surface area (Å²) in [5.74, 6) is -5.31. The molecule has 4 rings (SSSR count). The molecule has 25 heavy (non-hydrogen) atoms. The second-order valence-corrected chi connectivity index (χ2v) is 6.70. The molecule has 0 N–H and O–H groups in total. The van der Waals surface area contributed by atoms with E-state index in [0.717, 1.165) is 19.4 Å². The largest absolute Gasteiger partial charge is 0.289 e. The van der Waals surface area contributed by atoms with E-state index in [4.69, 9.17) is 0 Å². The van der Waals surface area contributed by atoms with Gasteiger partial charge >= 0.3 is 0 Å². The molecule has 2 aliphatic rings. The molecule has 2 bridgehead atoms. The third-order valence-corrected chi connectivity index (χ3v) is 5.18. The van der Waals surface area contributed by atoms with Crippen LogP contribution in [-0.2, 0) is 6.54 Å². The highest BCUT2D eigenvalue weighted by atomic mass is 19.2. The predicted molar refractivity (Wildman–Crippen MR) is 87.7 cm³/mol. The molecule has 2 aliphatic heterocycles. The molecule has 5 heteroatoms. The average Bonchev–Trinajstić information content (AvgIpc) is 2.83. The van der Waals surface area contributed by atoms with E-state index in [-0.39, 0.29) is 18.2 Å². The average molecular weight is 347 g/mol. The van der Waals surface area contributed by atoms with Crippen LogP contribution in [-0.4, -0.2) is 17.0 Å². The molecule has 2 atom stereocenters. The number of hydrogen-bond donors (Lipinski definition) is 0. The van der Waals surface area contributed by atoms with Crippen molar-refractivity contribution in [3.8, 4) is 0 Å². The van der Waals surface area contributed by atoms with E-state index in [1.807, 2.05) is 30.3 Å². The predicted octanol–water partition coefficient (Wildman–Crippen LogP) is 5.06. The van der Waals surface area contributed by atoms with Gasteiger partial charge in [-0.1, -0.05) is 36.4 Å². The SMILES string of the molecule is Fc1cc(F)c(F)c(C2=CC3CCC(C2)N3Cc2ccccc2)c1F. The summed E-state index contributed by atoms with van der Waals surface area (Å²) in [6.07, 6.45) is 3.94. The van der Waals surface area contributed by atoms with E-state index in [9.17, 15) is 17.6 Å². The summed E-state index contributed by atoms with van der Waals surface area (Å²) in [7, 11) is 0. The summed E-state index contributed by atoms with van der Waals surface area (Å²) in [6.45, 7) is 0.752. The van der Waals surface area contributed by atoms with Gasteiger partial charge in [-0.2, -0.15) is 0 Å². The van der Waals surface area contributed by atoms with E-state index < -0.39 is 28.8 Å². The van der Waals surface area contributed by atoms with Crippen molar-refractivity contribution in [2.24, 2.45) is 0 Å². The van der Waals surface area contributed by atoms with Crippen LogP contribution in [0.1, 0.15) is 30.4 Å². The van der Waals surface area contributed by atoms with Gasteiger partial charge in [-0.05, 0) is 30.4 Å². The van der Waals surface area contributed by atoms with E-state index >= 15 is 0 Å². The van der Waals surface area contributed by atoms with Gasteiger partial charge in [0.15, 0.2) is 23.3 Å². The van der Waals surface area contributed by atoms with Crippen LogP contribution in [0.2, 0.25) is 0 Å². The third-order valence-electron chi connectivity index (χ3n) is 5.18. The summed E-state index contributed by atoms with van der Waals surface area (Å²) >= 11 is 0. The smallest absolute Gasteiger partial charge is 0.169 e. The molecule has 2 unspecified atom stereocenters. The highest BCUT2D eigenvalue weighted by Crippen LogP contribution is 2.41. The first-order valence-electron chi connectivity index (χ1n) is 8.38. The van der Waals surface area contributed by atoms with Crippen molar-refractivity contribution in [2.75, 3.05) is 0 Å². The Morgan fingerprint density at radius 3 is 2.24 bits per heavy atom. The van der Waals surface area contributed by atoms with Crippen LogP contribution in [0, 0.1) is 23.3 Å². The lowest BCUT2D eigenvalue weighted by atomic mass is 9.93. The van der Waals surface area contributed by atoms with E-state index in [2.05, 4.69) is 4.90 Å². The van der Waals surface area contributed by atoms with Crippen molar-refractivity contribution in [3.05, 3.63) is 76.9 Å². The third kappa shape index (κ3) is 2.86. The molecule has 0 saturated carbocycles. The van der Waals surface area contributed by atoms with Crippen LogP contribution < -0.4 is 0 Å². The Bertz CT molecular complexity index is 805. The maximum atomic E-state index is 14.1. The van der Waals surface area contributed by atoms with Crippen LogP contribution in [0.25, 0.3) is 5.57 Å². The molecule has 2 aromatic rings. The Morgan fingerprint density at radius 1 is 0.920 bits per heavy atom. The van der Waals surface area contributed by atoms with Crippen LogP contribution in [0.5, 0.6) is 0 Å². The molecule has 0 amide bonds. The second-order valence-electron chi connectivity index (χ2n) is 6.70.